The van der Waals surface area contributed by atoms with Crippen LogP contribution in [0.15, 0.2) is 0 Å². The molecule has 0 amide bonds. The molecule has 5 nitrogen and oxygen atoms in total. The van der Waals surface area contributed by atoms with Crippen LogP contribution >= 0.6 is 0 Å². The molecule has 0 aromatic rings. The molecule has 6 heteroatoms. The van der Waals surface area contributed by atoms with Crippen molar-refractivity contribution in [3.8, 4) is 0 Å². The van der Waals surface area contributed by atoms with Gasteiger partial charge in [-0.15, -0.1) is 0 Å². The van der Waals surface area contributed by atoms with Crippen LogP contribution in [0.5, 0.6) is 0 Å². The third-order valence-corrected chi connectivity index (χ3v) is 6.42. The van der Waals surface area contributed by atoms with Crippen molar-refractivity contribution in [1.29, 1.82) is 0 Å². The van der Waals surface area contributed by atoms with Gasteiger partial charge in [0.15, 0.2) is 9.84 Å². The zero-order valence-electron chi connectivity index (χ0n) is 12.1. The molecular formula is C13H27N3O2S. The highest BCUT2D eigenvalue weighted by Crippen LogP contribution is 2.34. The molecule has 2 fully saturated rings. The van der Waals surface area contributed by atoms with Crippen molar-refractivity contribution < 1.29 is 8.42 Å². The molecule has 2 atom stereocenters. The topological polar surface area (TPSA) is 66.6 Å². The van der Waals surface area contributed by atoms with Crippen molar-refractivity contribution >= 4 is 9.84 Å². The van der Waals surface area contributed by atoms with Crippen LogP contribution in [0.25, 0.3) is 0 Å². The largest absolute Gasteiger partial charge is 0.329 e. The lowest BCUT2D eigenvalue weighted by atomic mass is 9.92. The van der Waals surface area contributed by atoms with Crippen molar-refractivity contribution in [3.63, 3.8) is 0 Å². The van der Waals surface area contributed by atoms with Crippen molar-refractivity contribution in [3.05, 3.63) is 0 Å². The lowest BCUT2D eigenvalue weighted by Gasteiger charge is -2.46. The average Bonchev–Trinajstić information content (AvgIpc) is 2.75. The van der Waals surface area contributed by atoms with Crippen molar-refractivity contribution in [2.24, 2.45) is 5.73 Å². The van der Waals surface area contributed by atoms with Crippen LogP contribution < -0.4 is 5.73 Å². The van der Waals surface area contributed by atoms with Crippen LogP contribution in [-0.4, -0.2) is 75.0 Å². The Labute approximate surface area is 117 Å². The van der Waals surface area contributed by atoms with E-state index in [1.165, 1.54) is 0 Å². The molecule has 0 bridgehead atoms. The van der Waals surface area contributed by atoms with Crippen LogP contribution in [-0.2, 0) is 9.84 Å². The van der Waals surface area contributed by atoms with Gasteiger partial charge in [-0.1, -0.05) is 0 Å². The van der Waals surface area contributed by atoms with E-state index in [0.717, 1.165) is 38.8 Å². The van der Waals surface area contributed by atoms with Crippen molar-refractivity contribution in [2.45, 2.75) is 37.3 Å². The van der Waals surface area contributed by atoms with E-state index in [1.54, 1.807) is 0 Å². The third kappa shape index (κ3) is 3.29. The minimum atomic E-state index is -2.93. The van der Waals surface area contributed by atoms with Crippen LogP contribution in [0.4, 0.5) is 0 Å². The molecule has 2 aliphatic rings. The summed E-state index contributed by atoms with van der Waals surface area (Å²) in [6.07, 6.45) is 3.98. The zero-order chi connectivity index (χ0) is 14.1. The van der Waals surface area contributed by atoms with Gasteiger partial charge in [-0.3, -0.25) is 4.90 Å². The lowest BCUT2D eigenvalue weighted by molar-refractivity contribution is 0.0734. The summed E-state index contributed by atoms with van der Waals surface area (Å²) in [7, 11) is 1.22. The predicted molar refractivity (Wildman–Crippen MR) is 78.0 cm³/mol. The minimum absolute atomic E-state index is 0.250. The summed E-state index contributed by atoms with van der Waals surface area (Å²) < 4.78 is 24.0. The molecule has 2 rings (SSSR count). The molecule has 0 aromatic carbocycles. The van der Waals surface area contributed by atoms with E-state index in [9.17, 15) is 8.42 Å². The standard InChI is InChI=1S/C13H27N3O2S/c1-15(2)9-12-5-3-7-16(12)13(10-14)6-4-8-19(17,18)11-13/h12H,3-11,14H2,1-2H3. The SMILES string of the molecule is CN(C)CC1CCCN1C1(CN)CCCS(=O)(=O)C1. The van der Waals surface area contributed by atoms with Gasteiger partial charge in [0.25, 0.3) is 0 Å². The first-order valence-electron chi connectivity index (χ1n) is 7.20. The van der Waals surface area contributed by atoms with Gasteiger partial charge in [-0.05, 0) is 46.3 Å². The van der Waals surface area contributed by atoms with Gasteiger partial charge in [-0.2, -0.15) is 0 Å². The van der Waals surface area contributed by atoms with Gasteiger partial charge in [0.1, 0.15) is 0 Å². The molecule has 2 unspecified atom stereocenters. The van der Waals surface area contributed by atoms with E-state index in [-0.39, 0.29) is 11.3 Å². The van der Waals surface area contributed by atoms with Gasteiger partial charge < -0.3 is 10.6 Å². The van der Waals surface area contributed by atoms with Gasteiger partial charge in [0, 0.05) is 24.7 Å². The fraction of sp³-hybridized carbons (Fsp3) is 1.00. The molecule has 0 saturated carbocycles. The van der Waals surface area contributed by atoms with Gasteiger partial charge in [0.05, 0.1) is 11.5 Å². The van der Waals surface area contributed by atoms with Crippen LogP contribution in [0, 0.1) is 0 Å². The summed E-state index contributed by atoms with van der Waals surface area (Å²) in [5, 5.41) is 0. The van der Waals surface area contributed by atoms with E-state index in [2.05, 4.69) is 23.9 Å². The Kier molecular flexibility index (Phi) is 4.55. The summed E-state index contributed by atoms with van der Waals surface area (Å²) in [6.45, 7) is 2.43. The number of rotatable bonds is 4. The van der Waals surface area contributed by atoms with E-state index < -0.39 is 9.84 Å². The van der Waals surface area contributed by atoms with Gasteiger partial charge in [0.2, 0.25) is 0 Å². The molecule has 2 N–H and O–H groups in total. The Hall–Kier alpha value is -0.170. The summed E-state index contributed by atoms with van der Waals surface area (Å²) >= 11 is 0. The van der Waals surface area contributed by atoms with Crippen LogP contribution in [0.3, 0.4) is 0 Å². The number of hydrogen-bond donors (Lipinski definition) is 1. The highest BCUT2D eigenvalue weighted by molar-refractivity contribution is 7.91. The average molecular weight is 289 g/mol. The van der Waals surface area contributed by atoms with Crippen LogP contribution in [0.1, 0.15) is 25.7 Å². The molecule has 0 radical (unpaired) electrons. The normalized spacial score (nSPS) is 35.9. The number of likely N-dealkylation sites (tertiary alicyclic amines) is 1. The van der Waals surface area contributed by atoms with E-state index in [4.69, 9.17) is 5.73 Å². The molecule has 2 heterocycles. The first-order valence-corrected chi connectivity index (χ1v) is 9.03. The van der Waals surface area contributed by atoms with Crippen LogP contribution in [0.2, 0.25) is 0 Å². The molecule has 0 aromatic heterocycles. The van der Waals surface area contributed by atoms with Crippen molar-refractivity contribution in [2.75, 3.05) is 45.2 Å². The maximum atomic E-state index is 12.0. The van der Waals surface area contributed by atoms with E-state index in [0.29, 0.717) is 18.3 Å². The number of hydrogen-bond acceptors (Lipinski definition) is 5. The smallest absolute Gasteiger partial charge is 0.152 e. The maximum Gasteiger partial charge on any atom is 0.152 e. The Morgan fingerprint density at radius 1 is 1.37 bits per heavy atom. The summed E-state index contributed by atoms with van der Waals surface area (Å²) in [5.41, 5.74) is 5.70. The second kappa shape index (κ2) is 5.68. The lowest BCUT2D eigenvalue weighted by Crippen LogP contribution is -2.62. The first-order chi connectivity index (χ1) is 8.88. The number of nitrogens with zero attached hydrogens (tertiary/aromatic N) is 2. The Morgan fingerprint density at radius 2 is 2.11 bits per heavy atom. The molecular weight excluding hydrogens is 262 g/mol. The van der Waals surface area contributed by atoms with E-state index in [1.807, 2.05) is 0 Å². The molecule has 0 spiro atoms. The number of sulfone groups is 1. The first kappa shape index (κ1) is 15.2. The quantitative estimate of drug-likeness (QED) is 0.784. The molecule has 112 valence electrons. The maximum absolute atomic E-state index is 12.0. The molecule has 2 saturated heterocycles. The highest BCUT2D eigenvalue weighted by Gasteiger charge is 2.46. The van der Waals surface area contributed by atoms with Gasteiger partial charge in [-0.25, -0.2) is 8.42 Å². The number of likely N-dealkylation sites (N-methyl/N-ethyl adjacent to an activating group) is 1. The van der Waals surface area contributed by atoms with E-state index >= 15 is 0 Å². The molecule has 19 heavy (non-hydrogen) atoms. The fourth-order valence-electron chi connectivity index (χ4n) is 3.75. The summed E-state index contributed by atoms with van der Waals surface area (Å²) in [4.78, 5) is 4.59. The second-order valence-electron chi connectivity index (χ2n) is 6.38. The third-order valence-electron chi connectivity index (χ3n) is 4.53. The predicted octanol–water partition coefficient (Wildman–Crippen LogP) is -0.0815. The Balaban J connectivity index is 2.20. The fourth-order valence-corrected chi connectivity index (χ4v) is 5.73. The Bertz CT molecular complexity index is 410. The van der Waals surface area contributed by atoms with Gasteiger partial charge >= 0.3 is 0 Å². The second-order valence-corrected chi connectivity index (χ2v) is 8.56. The molecule has 0 aliphatic carbocycles. The summed E-state index contributed by atoms with van der Waals surface area (Å²) in [6, 6.07) is 0.451. The summed E-state index contributed by atoms with van der Waals surface area (Å²) in [5.74, 6) is 0.585. The highest BCUT2D eigenvalue weighted by atomic mass is 32.2. The zero-order valence-corrected chi connectivity index (χ0v) is 13.0. The number of nitrogens with two attached hydrogens (primary N) is 1. The monoisotopic (exact) mass is 289 g/mol. The minimum Gasteiger partial charge on any atom is -0.329 e. The molecule has 2 aliphatic heterocycles. The van der Waals surface area contributed by atoms with Crippen molar-refractivity contribution in [1.82, 2.24) is 9.80 Å². The Morgan fingerprint density at radius 3 is 2.68 bits per heavy atom.